The average molecular weight is 223 g/mol. The molecule has 4 heteroatoms. The van der Waals surface area contributed by atoms with Crippen molar-refractivity contribution in [3.8, 4) is 11.5 Å². The van der Waals surface area contributed by atoms with Crippen LogP contribution in [-0.4, -0.2) is 33.5 Å². The first kappa shape index (κ1) is 11.2. The van der Waals surface area contributed by atoms with E-state index in [4.69, 9.17) is 19.9 Å². The Kier molecular flexibility index (Phi) is 3.64. The van der Waals surface area contributed by atoms with Crippen LogP contribution in [0, 0.1) is 0 Å². The molecule has 4 nitrogen and oxygen atoms in total. The van der Waals surface area contributed by atoms with Gasteiger partial charge in [-0.2, -0.15) is 0 Å². The Morgan fingerprint density at radius 3 is 2.75 bits per heavy atom. The molecule has 1 unspecified atom stereocenters. The lowest BCUT2D eigenvalue weighted by Gasteiger charge is -2.21. The first-order chi connectivity index (χ1) is 7.85. The van der Waals surface area contributed by atoms with Crippen LogP contribution >= 0.6 is 0 Å². The van der Waals surface area contributed by atoms with Crippen molar-refractivity contribution >= 4 is 0 Å². The minimum absolute atomic E-state index is 0.209. The Bertz CT molecular complexity index is 354. The van der Waals surface area contributed by atoms with Crippen molar-refractivity contribution in [3.63, 3.8) is 0 Å². The molecular formula is C12H17NO3. The number of ether oxygens (including phenoxy) is 3. The van der Waals surface area contributed by atoms with Crippen LogP contribution in [0.1, 0.15) is 11.5 Å². The lowest BCUT2D eigenvalue weighted by molar-refractivity contribution is 0.169. The van der Waals surface area contributed by atoms with Crippen LogP contribution in [0.25, 0.3) is 0 Å². The zero-order valence-corrected chi connectivity index (χ0v) is 9.44. The molecule has 0 saturated carbocycles. The summed E-state index contributed by atoms with van der Waals surface area (Å²) in [6, 6.07) is 5.94. The molecule has 2 N–H and O–H groups in total. The van der Waals surface area contributed by atoms with Crippen molar-refractivity contribution in [2.75, 3.05) is 33.5 Å². The van der Waals surface area contributed by atoms with Gasteiger partial charge in [0.1, 0.15) is 13.2 Å². The fourth-order valence-corrected chi connectivity index (χ4v) is 1.82. The number of rotatable bonds is 4. The first-order valence-corrected chi connectivity index (χ1v) is 5.43. The Morgan fingerprint density at radius 2 is 2.06 bits per heavy atom. The molecule has 0 saturated heterocycles. The van der Waals surface area contributed by atoms with E-state index in [0.717, 1.165) is 17.1 Å². The van der Waals surface area contributed by atoms with E-state index >= 15 is 0 Å². The Hall–Kier alpha value is -1.26. The Labute approximate surface area is 95.3 Å². The molecule has 88 valence electrons. The van der Waals surface area contributed by atoms with Gasteiger partial charge in [0.15, 0.2) is 11.5 Å². The molecule has 1 aromatic carbocycles. The maximum absolute atomic E-state index is 5.71. The van der Waals surface area contributed by atoms with Crippen LogP contribution in [0.4, 0.5) is 0 Å². The SMILES string of the molecule is COCC(CN)c1ccc2c(c1)OCCO2. The summed E-state index contributed by atoms with van der Waals surface area (Å²) in [5.41, 5.74) is 6.85. The largest absolute Gasteiger partial charge is 0.486 e. The van der Waals surface area contributed by atoms with Gasteiger partial charge in [0, 0.05) is 19.6 Å². The molecule has 1 atom stereocenters. The average Bonchev–Trinajstić information content (AvgIpc) is 2.35. The summed E-state index contributed by atoms with van der Waals surface area (Å²) < 4.78 is 16.1. The van der Waals surface area contributed by atoms with Gasteiger partial charge in [0.25, 0.3) is 0 Å². The maximum atomic E-state index is 5.71. The summed E-state index contributed by atoms with van der Waals surface area (Å²) in [6.45, 7) is 2.41. The Morgan fingerprint density at radius 1 is 1.31 bits per heavy atom. The van der Waals surface area contributed by atoms with Gasteiger partial charge >= 0.3 is 0 Å². The van der Waals surface area contributed by atoms with E-state index in [1.807, 2.05) is 18.2 Å². The van der Waals surface area contributed by atoms with E-state index in [-0.39, 0.29) is 5.92 Å². The molecule has 1 aromatic rings. The smallest absolute Gasteiger partial charge is 0.161 e. The Balaban J connectivity index is 2.21. The van der Waals surface area contributed by atoms with Crippen molar-refractivity contribution in [2.45, 2.75) is 5.92 Å². The van der Waals surface area contributed by atoms with Crippen molar-refractivity contribution in [1.82, 2.24) is 0 Å². The lowest BCUT2D eigenvalue weighted by Crippen LogP contribution is -2.19. The van der Waals surface area contributed by atoms with E-state index < -0.39 is 0 Å². The fraction of sp³-hybridized carbons (Fsp3) is 0.500. The molecule has 0 aromatic heterocycles. The summed E-state index contributed by atoms with van der Waals surface area (Å²) in [6.07, 6.45) is 0. The minimum Gasteiger partial charge on any atom is -0.486 e. The van der Waals surface area contributed by atoms with Crippen molar-refractivity contribution in [2.24, 2.45) is 5.73 Å². The summed E-state index contributed by atoms with van der Waals surface area (Å²) in [5, 5.41) is 0. The normalized spacial score (nSPS) is 15.9. The quantitative estimate of drug-likeness (QED) is 0.831. The second kappa shape index (κ2) is 5.18. The summed E-state index contributed by atoms with van der Waals surface area (Å²) in [7, 11) is 1.68. The number of methoxy groups -OCH3 is 1. The molecule has 0 amide bonds. The van der Waals surface area contributed by atoms with Gasteiger partial charge in [-0.25, -0.2) is 0 Å². The van der Waals surface area contributed by atoms with Crippen molar-refractivity contribution in [3.05, 3.63) is 23.8 Å². The van der Waals surface area contributed by atoms with Crippen LogP contribution in [0.2, 0.25) is 0 Å². The standard InChI is InChI=1S/C12H17NO3/c1-14-8-10(7-13)9-2-3-11-12(6-9)16-5-4-15-11/h2-3,6,10H,4-5,7-8,13H2,1H3. The predicted octanol–water partition coefficient (Wildman–Crippen LogP) is 1.15. The van der Waals surface area contributed by atoms with Crippen LogP contribution in [0.5, 0.6) is 11.5 Å². The molecule has 0 fully saturated rings. The lowest BCUT2D eigenvalue weighted by atomic mass is 9.99. The predicted molar refractivity (Wildman–Crippen MR) is 61.1 cm³/mol. The van der Waals surface area contributed by atoms with Gasteiger partial charge in [0.2, 0.25) is 0 Å². The molecule has 16 heavy (non-hydrogen) atoms. The molecule has 1 heterocycles. The van der Waals surface area contributed by atoms with E-state index in [1.165, 1.54) is 0 Å². The third-order valence-corrected chi connectivity index (χ3v) is 2.69. The molecule has 1 aliphatic heterocycles. The third-order valence-electron chi connectivity index (χ3n) is 2.69. The van der Waals surface area contributed by atoms with Crippen molar-refractivity contribution < 1.29 is 14.2 Å². The van der Waals surface area contributed by atoms with Crippen LogP contribution in [-0.2, 0) is 4.74 Å². The molecule has 2 rings (SSSR count). The zero-order chi connectivity index (χ0) is 11.4. The summed E-state index contributed by atoms with van der Waals surface area (Å²) >= 11 is 0. The van der Waals surface area contributed by atoms with Gasteiger partial charge in [-0.05, 0) is 17.7 Å². The molecule has 0 spiro atoms. The first-order valence-electron chi connectivity index (χ1n) is 5.43. The molecular weight excluding hydrogens is 206 g/mol. The summed E-state index contributed by atoms with van der Waals surface area (Å²) in [4.78, 5) is 0. The van der Waals surface area contributed by atoms with Gasteiger partial charge in [-0.15, -0.1) is 0 Å². The van der Waals surface area contributed by atoms with Gasteiger partial charge < -0.3 is 19.9 Å². The number of nitrogens with two attached hydrogens (primary N) is 1. The highest BCUT2D eigenvalue weighted by Gasteiger charge is 2.15. The number of fused-ring (bicyclic) bond motifs is 1. The highest BCUT2D eigenvalue weighted by molar-refractivity contribution is 5.44. The highest BCUT2D eigenvalue weighted by Crippen LogP contribution is 2.32. The van der Waals surface area contributed by atoms with Gasteiger partial charge in [0.05, 0.1) is 6.61 Å². The second-order valence-corrected chi connectivity index (χ2v) is 3.79. The zero-order valence-electron chi connectivity index (χ0n) is 9.44. The van der Waals surface area contributed by atoms with Crippen LogP contribution in [0.3, 0.4) is 0 Å². The highest BCUT2D eigenvalue weighted by atomic mass is 16.6. The maximum Gasteiger partial charge on any atom is 0.161 e. The fourth-order valence-electron chi connectivity index (χ4n) is 1.82. The van der Waals surface area contributed by atoms with Crippen LogP contribution < -0.4 is 15.2 Å². The van der Waals surface area contributed by atoms with E-state index in [2.05, 4.69) is 0 Å². The number of hydrogen-bond donors (Lipinski definition) is 1. The van der Waals surface area contributed by atoms with Crippen molar-refractivity contribution in [1.29, 1.82) is 0 Å². The van der Waals surface area contributed by atoms with Gasteiger partial charge in [-0.1, -0.05) is 6.07 Å². The number of hydrogen-bond acceptors (Lipinski definition) is 4. The number of benzene rings is 1. The minimum atomic E-state index is 0.209. The summed E-state index contributed by atoms with van der Waals surface area (Å²) in [5.74, 6) is 1.82. The van der Waals surface area contributed by atoms with Crippen LogP contribution in [0.15, 0.2) is 18.2 Å². The molecule has 0 aliphatic carbocycles. The topological polar surface area (TPSA) is 53.7 Å². The third kappa shape index (κ3) is 2.28. The molecule has 0 radical (unpaired) electrons. The van der Waals surface area contributed by atoms with E-state index in [1.54, 1.807) is 7.11 Å². The second-order valence-electron chi connectivity index (χ2n) is 3.79. The van der Waals surface area contributed by atoms with E-state index in [9.17, 15) is 0 Å². The van der Waals surface area contributed by atoms with E-state index in [0.29, 0.717) is 26.4 Å². The van der Waals surface area contributed by atoms with Gasteiger partial charge in [-0.3, -0.25) is 0 Å². The molecule has 1 aliphatic rings. The molecule has 0 bridgehead atoms. The monoisotopic (exact) mass is 223 g/mol.